The van der Waals surface area contributed by atoms with Gasteiger partial charge in [-0.2, -0.15) is 0 Å². The van der Waals surface area contributed by atoms with E-state index in [9.17, 15) is 0 Å². The molecule has 25 heavy (non-hydrogen) atoms. The second-order valence-electron chi connectivity index (χ2n) is 6.61. The summed E-state index contributed by atoms with van der Waals surface area (Å²) in [6.45, 7) is 3.02. The van der Waals surface area contributed by atoms with E-state index < -0.39 is 0 Å². The van der Waals surface area contributed by atoms with Crippen molar-refractivity contribution < 1.29 is 0 Å². The van der Waals surface area contributed by atoms with E-state index in [0.717, 1.165) is 32.6 Å². The summed E-state index contributed by atoms with van der Waals surface area (Å²) < 4.78 is 0. The highest BCUT2D eigenvalue weighted by atomic mass is 15.3. The van der Waals surface area contributed by atoms with Gasteiger partial charge in [0.05, 0.1) is 19.0 Å². The zero-order chi connectivity index (χ0) is 16.9. The van der Waals surface area contributed by atoms with E-state index in [2.05, 4.69) is 92.8 Å². The molecule has 0 amide bonds. The Hall–Kier alpha value is -2.75. The maximum Gasteiger partial charge on any atom is 0.0941 e. The fraction of sp³-hybridized carbons (Fsp3) is 0.286. The van der Waals surface area contributed by atoms with Gasteiger partial charge in [0, 0.05) is 36.9 Å². The molecule has 0 N–H and O–H groups in total. The first-order chi connectivity index (χ1) is 12.4. The highest BCUT2D eigenvalue weighted by Gasteiger charge is 2.19. The van der Waals surface area contributed by atoms with Crippen LogP contribution in [0.15, 0.2) is 78.1 Å². The molecule has 128 valence electrons. The number of rotatable bonds is 6. The highest BCUT2D eigenvalue weighted by molar-refractivity contribution is 5.81. The van der Waals surface area contributed by atoms with Gasteiger partial charge in [-0.15, -0.1) is 0 Å². The molecule has 2 aliphatic heterocycles. The van der Waals surface area contributed by atoms with Crippen LogP contribution in [-0.2, 0) is 0 Å². The Morgan fingerprint density at radius 1 is 0.840 bits per heavy atom. The molecular formula is C21H24N4. The molecule has 0 spiro atoms. The Kier molecular flexibility index (Phi) is 4.68. The fourth-order valence-corrected chi connectivity index (χ4v) is 3.38. The lowest BCUT2D eigenvalue weighted by Crippen LogP contribution is -2.27. The standard InChI is InChI=1S/C21H24N4/c1-3-9-20(10-4-1)24-15-14-23(18-24)13-7-8-19-16-25(17-22-19)21-11-5-2-6-12-21/h1-6,9-12,14-15,17,19H,7-8,13,16,18H2. The van der Waals surface area contributed by atoms with Crippen LogP contribution in [0, 0.1) is 0 Å². The molecule has 4 rings (SSSR count). The van der Waals surface area contributed by atoms with E-state index in [1.165, 1.54) is 11.4 Å². The summed E-state index contributed by atoms with van der Waals surface area (Å²) in [4.78, 5) is 11.6. The van der Waals surface area contributed by atoms with Crippen LogP contribution in [0.1, 0.15) is 12.8 Å². The minimum absolute atomic E-state index is 0.414. The molecule has 2 aliphatic rings. The van der Waals surface area contributed by atoms with Crippen LogP contribution in [0.25, 0.3) is 0 Å². The predicted molar refractivity (Wildman–Crippen MR) is 105 cm³/mol. The summed E-state index contributed by atoms with van der Waals surface area (Å²) in [5.74, 6) is 0. The first-order valence-corrected chi connectivity index (χ1v) is 8.97. The van der Waals surface area contributed by atoms with E-state index in [1.807, 2.05) is 6.34 Å². The molecule has 2 aromatic rings. The number of para-hydroxylation sites is 2. The summed E-state index contributed by atoms with van der Waals surface area (Å²) in [5.41, 5.74) is 2.48. The van der Waals surface area contributed by atoms with Gasteiger partial charge >= 0.3 is 0 Å². The molecular weight excluding hydrogens is 308 g/mol. The molecule has 2 heterocycles. The average molecular weight is 332 g/mol. The molecule has 0 aliphatic carbocycles. The van der Waals surface area contributed by atoms with Crippen LogP contribution >= 0.6 is 0 Å². The molecule has 1 atom stereocenters. The van der Waals surface area contributed by atoms with Crippen molar-refractivity contribution in [3.05, 3.63) is 73.1 Å². The normalized spacial score (nSPS) is 19.2. The van der Waals surface area contributed by atoms with Gasteiger partial charge in [-0.25, -0.2) is 0 Å². The molecule has 0 aromatic heterocycles. The SMILES string of the molecule is C1=CN(c2ccccc2)CN1CCCC1CN(c2ccccc2)C=N1. The maximum absolute atomic E-state index is 4.67. The Labute approximate surface area is 149 Å². The molecule has 1 unspecified atom stereocenters. The smallest absolute Gasteiger partial charge is 0.0941 e. The molecule has 0 bridgehead atoms. The van der Waals surface area contributed by atoms with Crippen molar-refractivity contribution >= 4 is 17.7 Å². The van der Waals surface area contributed by atoms with E-state index in [-0.39, 0.29) is 0 Å². The second kappa shape index (κ2) is 7.43. The quantitative estimate of drug-likeness (QED) is 0.800. The third-order valence-corrected chi connectivity index (χ3v) is 4.77. The van der Waals surface area contributed by atoms with Crippen LogP contribution < -0.4 is 9.80 Å². The van der Waals surface area contributed by atoms with Gasteiger partial charge in [0.1, 0.15) is 0 Å². The van der Waals surface area contributed by atoms with Crippen molar-refractivity contribution in [2.24, 2.45) is 4.99 Å². The van der Waals surface area contributed by atoms with Gasteiger partial charge in [-0.05, 0) is 37.1 Å². The summed E-state index contributed by atoms with van der Waals surface area (Å²) >= 11 is 0. The van der Waals surface area contributed by atoms with Crippen molar-refractivity contribution in [3.8, 4) is 0 Å². The summed E-state index contributed by atoms with van der Waals surface area (Å²) in [5, 5.41) is 0. The molecule has 4 heteroatoms. The van der Waals surface area contributed by atoms with E-state index >= 15 is 0 Å². The average Bonchev–Trinajstić information content (AvgIpc) is 3.33. The van der Waals surface area contributed by atoms with Crippen LogP contribution in [0.3, 0.4) is 0 Å². The lowest BCUT2D eigenvalue weighted by molar-refractivity contribution is 0.386. The van der Waals surface area contributed by atoms with Crippen molar-refractivity contribution in [2.45, 2.75) is 18.9 Å². The molecule has 0 fully saturated rings. The van der Waals surface area contributed by atoms with Gasteiger partial charge in [0.25, 0.3) is 0 Å². The van der Waals surface area contributed by atoms with Crippen molar-refractivity contribution in [1.29, 1.82) is 0 Å². The first-order valence-electron chi connectivity index (χ1n) is 8.97. The highest BCUT2D eigenvalue weighted by Crippen LogP contribution is 2.21. The van der Waals surface area contributed by atoms with Crippen molar-refractivity contribution in [1.82, 2.24) is 4.90 Å². The zero-order valence-electron chi connectivity index (χ0n) is 14.4. The van der Waals surface area contributed by atoms with Crippen LogP contribution in [-0.4, -0.2) is 37.0 Å². The summed E-state index contributed by atoms with van der Waals surface area (Å²) in [6, 6.07) is 21.4. The van der Waals surface area contributed by atoms with Gasteiger partial charge in [0.15, 0.2) is 0 Å². The topological polar surface area (TPSA) is 22.1 Å². The monoisotopic (exact) mass is 332 g/mol. The Bertz CT molecular complexity index is 663. The van der Waals surface area contributed by atoms with E-state index in [1.54, 1.807) is 0 Å². The molecule has 4 nitrogen and oxygen atoms in total. The molecule has 0 saturated heterocycles. The van der Waals surface area contributed by atoms with Gasteiger partial charge in [-0.3, -0.25) is 4.99 Å². The lowest BCUT2D eigenvalue weighted by Gasteiger charge is -2.22. The molecule has 0 saturated carbocycles. The number of aliphatic imine (C=N–C) groups is 1. The summed E-state index contributed by atoms with van der Waals surface area (Å²) in [7, 11) is 0. The Morgan fingerprint density at radius 3 is 2.24 bits per heavy atom. The number of benzene rings is 2. The van der Waals surface area contributed by atoms with Gasteiger partial charge in [-0.1, -0.05) is 36.4 Å². The van der Waals surface area contributed by atoms with Crippen molar-refractivity contribution in [2.75, 3.05) is 29.6 Å². The maximum atomic E-state index is 4.67. The zero-order valence-corrected chi connectivity index (χ0v) is 14.4. The van der Waals surface area contributed by atoms with E-state index in [4.69, 9.17) is 0 Å². The third kappa shape index (κ3) is 3.85. The third-order valence-electron chi connectivity index (χ3n) is 4.77. The number of nitrogens with zero attached hydrogens (tertiary/aromatic N) is 4. The fourth-order valence-electron chi connectivity index (χ4n) is 3.38. The number of anilines is 2. The predicted octanol–water partition coefficient (Wildman–Crippen LogP) is 3.93. The van der Waals surface area contributed by atoms with E-state index in [0.29, 0.717) is 6.04 Å². The lowest BCUT2D eigenvalue weighted by atomic mass is 10.1. The van der Waals surface area contributed by atoms with Crippen molar-refractivity contribution in [3.63, 3.8) is 0 Å². The summed E-state index contributed by atoms with van der Waals surface area (Å²) in [6.07, 6.45) is 8.65. The number of hydrogen-bond donors (Lipinski definition) is 0. The first kappa shape index (κ1) is 15.8. The minimum Gasteiger partial charge on any atom is -0.358 e. The largest absolute Gasteiger partial charge is 0.358 e. The Morgan fingerprint density at radius 2 is 1.52 bits per heavy atom. The second-order valence-corrected chi connectivity index (χ2v) is 6.61. The minimum atomic E-state index is 0.414. The number of hydrogen-bond acceptors (Lipinski definition) is 4. The van der Waals surface area contributed by atoms with Gasteiger partial charge in [0.2, 0.25) is 0 Å². The van der Waals surface area contributed by atoms with Crippen LogP contribution in [0.4, 0.5) is 11.4 Å². The Balaban J connectivity index is 1.20. The molecule has 0 radical (unpaired) electrons. The molecule has 2 aromatic carbocycles. The van der Waals surface area contributed by atoms with Crippen LogP contribution in [0.5, 0.6) is 0 Å². The van der Waals surface area contributed by atoms with Gasteiger partial charge < -0.3 is 14.7 Å². The van der Waals surface area contributed by atoms with Crippen LogP contribution in [0.2, 0.25) is 0 Å².